The third-order valence-electron chi connectivity index (χ3n) is 2.64. The average Bonchev–Trinajstić information content (AvgIpc) is 2.62. The van der Waals surface area contributed by atoms with Gasteiger partial charge in [-0.3, -0.25) is 9.78 Å². The maximum absolute atomic E-state index is 5.28. The van der Waals surface area contributed by atoms with Gasteiger partial charge in [0.05, 0.1) is 23.4 Å². The smallest absolute Gasteiger partial charge is 0.142 e. The molecule has 0 aliphatic carbocycles. The van der Waals surface area contributed by atoms with Gasteiger partial charge in [0.25, 0.3) is 0 Å². The molecule has 0 unspecified atom stereocenters. The number of methoxy groups -OCH3 is 1. The summed E-state index contributed by atoms with van der Waals surface area (Å²) in [5.41, 5.74) is 0.887. The Morgan fingerprint density at radius 3 is 2.78 bits per heavy atom. The van der Waals surface area contributed by atoms with Crippen LogP contribution in [0, 0.1) is 4.64 Å². The topological polar surface area (TPSA) is 42.0 Å². The number of ether oxygens (including phenoxy) is 1. The van der Waals surface area contributed by atoms with Gasteiger partial charge in [-0.05, 0) is 12.1 Å². The van der Waals surface area contributed by atoms with Crippen LogP contribution in [0.15, 0.2) is 24.3 Å². The van der Waals surface area contributed by atoms with Crippen molar-refractivity contribution in [2.45, 2.75) is 0 Å². The van der Waals surface area contributed by atoms with Crippen molar-refractivity contribution in [3.05, 3.63) is 39.5 Å². The minimum absolute atomic E-state index is 0.711. The molecule has 2 N–H and O–H groups in total. The van der Waals surface area contributed by atoms with Crippen molar-refractivity contribution in [3.8, 4) is 5.75 Å². The molecule has 1 aromatic carbocycles. The van der Waals surface area contributed by atoms with E-state index in [0.29, 0.717) is 4.64 Å². The van der Waals surface area contributed by atoms with Crippen LogP contribution >= 0.6 is 12.2 Å². The molecule has 0 radical (unpaired) electrons. The maximum Gasteiger partial charge on any atom is 0.142 e. The number of hydrogen-bond donors (Lipinski definition) is 2. The van der Waals surface area contributed by atoms with Crippen LogP contribution in [-0.4, -0.2) is 16.9 Å². The lowest BCUT2D eigenvalue weighted by Crippen LogP contribution is -2.22. The summed E-state index contributed by atoms with van der Waals surface area (Å²) < 4.78 is 7.73. The molecule has 94 valence electrons. The van der Waals surface area contributed by atoms with Gasteiger partial charge in [-0.2, -0.15) is 0 Å². The van der Waals surface area contributed by atoms with E-state index in [0.717, 1.165) is 22.0 Å². The highest BCUT2D eigenvalue weighted by atomic mass is 32.1. The summed E-state index contributed by atoms with van der Waals surface area (Å²) in [5.74, 6) is 0.783. The highest BCUT2D eigenvalue weighted by molar-refractivity contribution is 7.71. The third kappa shape index (κ3) is 2.31. The summed E-state index contributed by atoms with van der Waals surface area (Å²) in [4.78, 5) is 0. The Morgan fingerprint density at radius 1 is 1.44 bits per heavy atom. The lowest BCUT2D eigenvalue weighted by atomic mass is 10.3. The van der Waals surface area contributed by atoms with E-state index in [1.165, 1.54) is 0 Å². The first-order valence-electron chi connectivity index (χ1n) is 5.47. The van der Waals surface area contributed by atoms with Gasteiger partial charge in [0.15, 0.2) is 0 Å². The monoisotopic (exact) mass is 261 g/mol. The van der Waals surface area contributed by atoms with E-state index in [1.807, 2.05) is 37.5 Å². The number of benzene rings is 1. The number of nitrogens with one attached hydrogen (secondary N) is 2. The lowest BCUT2D eigenvalue weighted by molar-refractivity contribution is 0.417. The number of anilines is 1. The molecule has 18 heavy (non-hydrogen) atoms. The second-order valence-corrected chi connectivity index (χ2v) is 4.24. The van der Waals surface area contributed by atoms with Crippen molar-refractivity contribution >= 4 is 30.7 Å². The molecular weight excluding hydrogens is 246 g/mol. The first-order valence-corrected chi connectivity index (χ1v) is 5.88. The molecule has 2 rings (SSSR count). The Hall–Kier alpha value is -2.01. The molecule has 0 spiro atoms. The number of aromatic amines is 1. The fraction of sp³-hybridized carbons (Fsp3) is 0.154. The van der Waals surface area contributed by atoms with Gasteiger partial charge in [-0.25, -0.2) is 0 Å². The van der Waals surface area contributed by atoms with E-state index in [2.05, 4.69) is 17.0 Å². The van der Waals surface area contributed by atoms with E-state index in [1.54, 1.807) is 11.8 Å². The Kier molecular flexibility index (Phi) is 3.53. The summed E-state index contributed by atoms with van der Waals surface area (Å²) in [6.07, 6.45) is 1.83. The van der Waals surface area contributed by atoms with Crippen molar-refractivity contribution in [2.24, 2.45) is 7.05 Å². The summed E-state index contributed by atoms with van der Waals surface area (Å²) in [7, 11) is 3.50. The van der Waals surface area contributed by atoms with Crippen molar-refractivity contribution in [2.75, 3.05) is 12.4 Å². The zero-order valence-corrected chi connectivity index (χ0v) is 11.2. The van der Waals surface area contributed by atoms with Gasteiger partial charge in [0.2, 0.25) is 0 Å². The molecule has 0 aliphatic heterocycles. The Bertz CT molecular complexity index is 715. The number of para-hydroxylation sites is 2. The van der Waals surface area contributed by atoms with Crippen LogP contribution in [0.4, 0.5) is 5.69 Å². The largest absolute Gasteiger partial charge is 0.495 e. The highest BCUT2D eigenvalue weighted by Gasteiger charge is 1.99. The molecule has 0 bridgehead atoms. The van der Waals surface area contributed by atoms with Gasteiger partial charge in [-0.15, -0.1) is 0 Å². The predicted molar refractivity (Wildman–Crippen MR) is 76.5 cm³/mol. The molecule has 4 nitrogen and oxygen atoms in total. The molecule has 1 aromatic heterocycles. The molecule has 0 atom stereocenters. The number of H-pyrrole nitrogens is 1. The summed E-state index contributed by atoms with van der Waals surface area (Å²) in [5, 5.41) is 7.88. The van der Waals surface area contributed by atoms with Crippen molar-refractivity contribution < 1.29 is 4.74 Å². The fourth-order valence-electron chi connectivity index (χ4n) is 1.69. The molecule has 0 amide bonds. The number of nitrogens with zero attached hydrogens (tertiary/aromatic N) is 1. The summed E-state index contributed by atoms with van der Waals surface area (Å²) in [6, 6.07) is 7.70. The Morgan fingerprint density at radius 2 is 2.17 bits per heavy atom. The van der Waals surface area contributed by atoms with Gasteiger partial charge >= 0.3 is 0 Å². The number of rotatable bonds is 3. The SMILES string of the molecule is C=c1[nH]n(C)c(=S)c1=CNc1ccccc1OC. The minimum atomic E-state index is 0.711. The van der Waals surface area contributed by atoms with E-state index < -0.39 is 0 Å². The minimum Gasteiger partial charge on any atom is -0.495 e. The standard InChI is InChI=1S/C13H15N3OS/c1-9-10(13(18)16(2)15-9)8-14-11-6-4-5-7-12(11)17-3/h4-8,14-15H,1H2,2-3H3. The number of aromatic nitrogens is 2. The molecule has 0 aliphatic rings. The van der Waals surface area contributed by atoms with Crippen LogP contribution in [0.3, 0.4) is 0 Å². The zero-order chi connectivity index (χ0) is 13.1. The lowest BCUT2D eigenvalue weighted by Gasteiger charge is -2.06. The Balaban J connectivity index is 2.42. The van der Waals surface area contributed by atoms with Gasteiger partial charge in [0.1, 0.15) is 10.4 Å². The van der Waals surface area contributed by atoms with E-state index >= 15 is 0 Å². The van der Waals surface area contributed by atoms with Gasteiger partial charge < -0.3 is 10.1 Å². The first-order chi connectivity index (χ1) is 8.63. The molecule has 0 fully saturated rings. The molecule has 5 heteroatoms. The van der Waals surface area contributed by atoms with Crippen LogP contribution in [0.5, 0.6) is 5.75 Å². The van der Waals surface area contributed by atoms with Crippen LogP contribution in [0.2, 0.25) is 0 Å². The molecule has 0 saturated carbocycles. The number of aryl methyl sites for hydroxylation is 1. The van der Waals surface area contributed by atoms with Gasteiger partial charge in [-0.1, -0.05) is 30.9 Å². The highest BCUT2D eigenvalue weighted by Crippen LogP contribution is 2.22. The zero-order valence-electron chi connectivity index (χ0n) is 10.4. The van der Waals surface area contributed by atoms with Crippen LogP contribution < -0.4 is 20.6 Å². The second kappa shape index (κ2) is 5.10. The first kappa shape index (κ1) is 12.4. The molecule has 2 aromatic rings. The fourth-order valence-corrected chi connectivity index (χ4v) is 1.91. The van der Waals surface area contributed by atoms with E-state index in [4.69, 9.17) is 17.0 Å². The van der Waals surface area contributed by atoms with Crippen LogP contribution in [0.1, 0.15) is 0 Å². The summed E-state index contributed by atoms with van der Waals surface area (Å²) in [6.45, 7) is 3.91. The molecular formula is C13H15N3OS. The van der Waals surface area contributed by atoms with Crippen LogP contribution in [-0.2, 0) is 7.05 Å². The summed E-state index contributed by atoms with van der Waals surface area (Å²) >= 11 is 5.28. The maximum atomic E-state index is 5.28. The Labute approximate surface area is 110 Å². The molecule has 0 saturated heterocycles. The van der Waals surface area contributed by atoms with Crippen molar-refractivity contribution in [3.63, 3.8) is 0 Å². The van der Waals surface area contributed by atoms with E-state index in [-0.39, 0.29) is 0 Å². The van der Waals surface area contributed by atoms with E-state index in [9.17, 15) is 0 Å². The van der Waals surface area contributed by atoms with Crippen LogP contribution in [0.25, 0.3) is 12.8 Å². The second-order valence-electron chi connectivity index (χ2n) is 3.86. The third-order valence-corrected chi connectivity index (χ3v) is 3.14. The van der Waals surface area contributed by atoms with Gasteiger partial charge in [0, 0.05) is 13.2 Å². The normalized spacial score (nSPS) is 11.6. The molecule has 1 heterocycles. The van der Waals surface area contributed by atoms with Crippen molar-refractivity contribution in [1.29, 1.82) is 0 Å². The quantitative estimate of drug-likeness (QED) is 0.820. The number of hydrogen-bond acceptors (Lipinski definition) is 3. The average molecular weight is 261 g/mol. The predicted octanol–water partition coefficient (Wildman–Crippen LogP) is 1.35. The van der Waals surface area contributed by atoms with Crippen molar-refractivity contribution in [1.82, 2.24) is 9.78 Å².